The van der Waals surface area contributed by atoms with E-state index in [1.165, 1.54) is 12.4 Å². The van der Waals surface area contributed by atoms with E-state index in [1.54, 1.807) is 6.07 Å². The zero-order valence-electron chi connectivity index (χ0n) is 15.9. The van der Waals surface area contributed by atoms with Crippen molar-refractivity contribution in [3.8, 4) is 11.3 Å². The Morgan fingerprint density at radius 2 is 1.97 bits per heavy atom. The molecular formula is C21H18F3N5O. The van der Waals surface area contributed by atoms with Crippen LogP contribution in [0.25, 0.3) is 11.3 Å². The van der Waals surface area contributed by atoms with Gasteiger partial charge in [0.15, 0.2) is 0 Å². The van der Waals surface area contributed by atoms with E-state index in [-0.39, 0.29) is 5.69 Å². The Labute approximate surface area is 170 Å². The van der Waals surface area contributed by atoms with Crippen molar-refractivity contribution in [1.82, 2.24) is 10.3 Å². The van der Waals surface area contributed by atoms with Crippen LogP contribution in [0.3, 0.4) is 0 Å². The Morgan fingerprint density at radius 1 is 1.17 bits per heavy atom. The molecule has 1 amide bonds. The summed E-state index contributed by atoms with van der Waals surface area (Å²) in [5.41, 5.74) is 3.24. The molecule has 9 heteroatoms. The number of rotatable bonds is 5. The van der Waals surface area contributed by atoms with Crippen molar-refractivity contribution in [3.05, 3.63) is 47.7 Å². The van der Waals surface area contributed by atoms with E-state index < -0.39 is 24.5 Å². The number of amides is 1. The summed E-state index contributed by atoms with van der Waals surface area (Å²) in [6, 6.07) is 9.70. The Kier molecular flexibility index (Phi) is 4.43. The molecule has 1 aliphatic carbocycles. The second-order valence-electron chi connectivity index (χ2n) is 7.67. The number of alkyl halides is 3. The number of hydrogen-bond donors (Lipinski definition) is 1. The van der Waals surface area contributed by atoms with Gasteiger partial charge < -0.3 is 10.2 Å². The van der Waals surface area contributed by atoms with Gasteiger partial charge in [0.2, 0.25) is 5.91 Å². The number of benzene rings is 1. The molecule has 1 aromatic carbocycles. The van der Waals surface area contributed by atoms with Gasteiger partial charge in [0, 0.05) is 36.1 Å². The second kappa shape index (κ2) is 7.02. The van der Waals surface area contributed by atoms with E-state index in [9.17, 15) is 18.0 Å². The number of hydrogen-bond acceptors (Lipinski definition) is 5. The van der Waals surface area contributed by atoms with Crippen LogP contribution in [0.15, 0.2) is 46.7 Å². The van der Waals surface area contributed by atoms with Crippen LogP contribution in [-0.2, 0) is 11.3 Å². The number of carbonyl (C=O) groups excluding carboxylic acids is 1. The fraction of sp³-hybridized carbons (Fsp3) is 0.333. The summed E-state index contributed by atoms with van der Waals surface area (Å²) in [7, 11) is 0. The topological polar surface area (TPSA) is 69.9 Å². The number of anilines is 1. The molecular weight excluding hydrogens is 395 g/mol. The van der Waals surface area contributed by atoms with Crippen LogP contribution < -0.4 is 10.2 Å². The number of pyridine rings is 1. The first-order valence-electron chi connectivity index (χ1n) is 9.72. The largest absolute Gasteiger partial charge is 0.406 e. The maximum Gasteiger partial charge on any atom is 0.406 e. The number of aromatic nitrogens is 1. The maximum atomic E-state index is 13.2. The number of nitrogens with one attached hydrogen (secondary N) is 1. The first kappa shape index (κ1) is 18.9. The molecule has 0 radical (unpaired) electrons. The van der Waals surface area contributed by atoms with Gasteiger partial charge in [0.1, 0.15) is 12.5 Å². The third-order valence-corrected chi connectivity index (χ3v) is 5.45. The molecule has 154 valence electrons. The van der Waals surface area contributed by atoms with Crippen molar-refractivity contribution >= 4 is 23.5 Å². The molecule has 30 heavy (non-hydrogen) atoms. The van der Waals surface area contributed by atoms with Crippen molar-refractivity contribution in [2.24, 2.45) is 16.1 Å². The summed E-state index contributed by atoms with van der Waals surface area (Å²) in [5.74, 6) is -1.58. The molecule has 0 spiro atoms. The number of fused-ring (bicyclic) bond motifs is 3. The van der Waals surface area contributed by atoms with Crippen LogP contribution >= 0.6 is 0 Å². The number of halogens is 3. The summed E-state index contributed by atoms with van der Waals surface area (Å²) in [6.45, 7) is -0.724. The SMILES string of the molecule is O=C1C2C=NN=C2c2cnc(-c3ccccc3CNC3CC3)cc2N1CC(F)(F)F. The minimum Gasteiger partial charge on any atom is -0.310 e. The van der Waals surface area contributed by atoms with Gasteiger partial charge in [-0.15, -0.1) is 0 Å². The van der Waals surface area contributed by atoms with E-state index in [2.05, 4.69) is 20.5 Å². The van der Waals surface area contributed by atoms with Gasteiger partial charge >= 0.3 is 6.18 Å². The summed E-state index contributed by atoms with van der Waals surface area (Å²) < 4.78 is 39.7. The lowest BCUT2D eigenvalue weighted by Crippen LogP contribution is -2.48. The monoisotopic (exact) mass is 413 g/mol. The lowest BCUT2D eigenvalue weighted by molar-refractivity contribution is -0.132. The Bertz CT molecular complexity index is 1070. The third-order valence-electron chi connectivity index (χ3n) is 5.45. The van der Waals surface area contributed by atoms with Gasteiger partial charge in [-0.3, -0.25) is 9.78 Å². The molecule has 1 N–H and O–H groups in total. The molecule has 1 fully saturated rings. The molecule has 3 aliphatic rings. The minimum atomic E-state index is -4.53. The fourth-order valence-corrected chi connectivity index (χ4v) is 3.80. The predicted molar refractivity (Wildman–Crippen MR) is 106 cm³/mol. The lowest BCUT2D eigenvalue weighted by Gasteiger charge is -2.32. The van der Waals surface area contributed by atoms with Gasteiger partial charge in [-0.25, -0.2) is 0 Å². The fourth-order valence-electron chi connectivity index (χ4n) is 3.80. The highest BCUT2D eigenvalue weighted by atomic mass is 19.4. The first-order valence-corrected chi connectivity index (χ1v) is 9.72. The Hall–Kier alpha value is -3.07. The van der Waals surface area contributed by atoms with Gasteiger partial charge in [-0.1, -0.05) is 24.3 Å². The molecule has 1 atom stereocenters. The van der Waals surface area contributed by atoms with Gasteiger partial charge in [0.25, 0.3) is 0 Å². The van der Waals surface area contributed by atoms with E-state index in [4.69, 9.17) is 0 Å². The Morgan fingerprint density at radius 3 is 2.73 bits per heavy atom. The summed E-state index contributed by atoms with van der Waals surface area (Å²) in [6.07, 6.45) is 0.536. The molecule has 5 rings (SSSR count). The highest BCUT2D eigenvalue weighted by Gasteiger charge is 2.44. The normalized spacial score (nSPS) is 20.2. The molecule has 2 aliphatic heterocycles. The average Bonchev–Trinajstić information content (AvgIpc) is 3.42. The van der Waals surface area contributed by atoms with Crippen molar-refractivity contribution < 1.29 is 18.0 Å². The van der Waals surface area contributed by atoms with E-state index in [1.807, 2.05) is 24.3 Å². The molecule has 1 saturated carbocycles. The van der Waals surface area contributed by atoms with Crippen LogP contribution in [0, 0.1) is 5.92 Å². The predicted octanol–water partition coefficient (Wildman–Crippen LogP) is 3.31. The van der Waals surface area contributed by atoms with E-state index >= 15 is 0 Å². The second-order valence-corrected chi connectivity index (χ2v) is 7.67. The zero-order valence-corrected chi connectivity index (χ0v) is 15.9. The van der Waals surface area contributed by atoms with Gasteiger partial charge in [-0.05, 0) is 24.5 Å². The minimum absolute atomic E-state index is 0.160. The quantitative estimate of drug-likeness (QED) is 0.818. The lowest BCUT2D eigenvalue weighted by atomic mass is 9.90. The zero-order chi connectivity index (χ0) is 20.9. The summed E-state index contributed by atoms with van der Waals surface area (Å²) in [5, 5.41) is 11.2. The summed E-state index contributed by atoms with van der Waals surface area (Å²) in [4.78, 5) is 18.0. The Balaban J connectivity index is 1.57. The standard InChI is InChI=1S/C21H18F3N5O/c22-21(23,24)11-29-18-7-17(14-4-2-1-3-12(14)8-25-13-5-6-13)26-9-15(18)19-16(20(29)30)10-27-28-19/h1-4,7,9-10,13,16,25H,5-6,8,11H2. The van der Waals surface area contributed by atoms with Crippen molar-refractivity contribution in [2.75, 3.05) is 11.4 Å². The van der Waals surface area contributed by atoms with E-state index in [0.29, 0.717) is 29.6 Å². The van der Waals surface area contributed by atoms with Crippen molar-refractivity contribution in [2.45, 2.75) is 31.6 Å². The van der Waals surface area contributed by atoms with Crippen LogP contribution in [0.2, 0.25) is 0 Å². The smallest absolute Gasteiger partial charge is 0.310 e. The first-order chi connectivity index (χ1) is 14.4. The number of carbonyl (C=O) groups is 1. The summed E-state index contributed by atoms with van der Waals surface area (Å²) >= 11 is 0. The van der Waals surface area contributed by atoms with Crippen LogP contribution in [0.4, 0.5) is 18.9 Å². The molecule has 0 bridgehead atoms. The number of nitrogens with zero attached hydrogens (tertiary/aromatic N) is 4. The van der Waals surface area contributed by atoms with Crippen LogP contribution in [0.1, 0.15) is 24.0 Å². The van der Waals surface area contributed by atoms with Crippen LogP contribution in [-0.4, -0.2) is 41.6 Å². The third kappa shape index (κ3) is 3.49. The molecule has 1 aromatic heterocycles. The highest BCUT2D eigenvalue weighted by Crippen LogP contribution is 2.37. The average molecular weight is 413 g/mol. The van der Waals surface area contributed by atoms with Gasteiger partial charge in [0.05, 0.1) is 17.1 Å². The van der Waals surface area contributed by atoms with Crippen molar-refractivity contribution in [3.63, 3.8) is 0 Å². The molecule has 0 saturated heterocycles. The van der Waals surface area contributed by atoms with Crippen LogP contribution in [0.5, 0.6) is 0 Å². The van der Waals surface area contributed by atoms with Gasteiger partial charge in [-0.2, -0.15) is 23.4 Å². The molecule has 6 nitrogen and oxygen atoms in total. The maximum absolute atomic E-state index is 13.2. The molecule has 1 unspecified atom stereocenters. The van der Waals surface area contributed by atoms with E-state index in [0.717, 1.165) is 28.9 Å². The molecule has 3 heterocycles. The highest BCUT2D eigenvalue weighted by molar-refractivity contribution is 6.31. The van der Waals surface area contributed by atoms with Crippen molar-refractivity contribution in [1.29, 1.82) is 0 Å². The molecule has 2 aromatic rings.